The highest BCUT2D eigenvalue weighted by Gasteiger charge is 2.06. The van der Waals surface area contributed by atoms with Crippen molar-refractivity contribution < 1.29 is 0 Å². The molecular weight excluding hydrogens is 204 g/mol. The minimum atomic E-state index is 0.244. The predicted molar refractivity (Wildman–Crippen MR) is 68.1 cm³/mol. The fourth-order valence-corrected chi connectivity index (χ4v) is 2.22. The lowest BCUT2D eigenvalue weighted by Crippen LogP contribution is -2.26. The van der Waals surface area contributed by atoms with Crippen molar-refractivity contribution in [1.82, 2.24) is 4.98 Å². The SMILES string of the molecule is CCC(C)SCC(N)Cc1cccnc1. The molecule has 0 saturated heterocycles. The molecule has 0 aliphatic heterocycles. The number of rotatable bonds is 6. The molecule has 0 spiro atoms. The van der Waals surface area contributed by atoms with Gasteiger partial charge in [-0.25, -0.2) is 0 Å². The van der Waals surface area contributed by atoms with Gasteiger partial charge in [0.05, 0.1) is 0 Å². The smallest absolute Gasteiger partial charge is 0.0300 e. The summed E-state index contributed by atoms with van der Waals surface area (Å²) in [6, 6.07) is 4.29. The van der Waals surface area contributed by atoms with E-state index in [1.807, 2.05) is 24.0 Å². The largest absolute Gasteiger partial charge is 0.327 e. The maximum Gasteiger partial charge on any atom is 0.0300 e. The third kappa shape index (κ3) is 5.19. The van der Waals surface area contributed by atoms with Crippen molar-refractivity contribution in [3.05, 3.63) is 30.1 Å². The highest BCUT2D eigenvalue weighted by Crippen LogP contribution is 2.15. The van der Waals surface area contributed by atoms with Crippen LogP contribution < -0.4 is 5.73 Å². The van der Waals surface area contributed by atoms with Crippen LogP contribution in [0.4, 0.5) is 0 Å². The Kier molecular flexibility index (Phi) is 5.73. The lowest BCUT2D eigenvalue weighted by Gasteiger charge is -2.14. The second-order valence-electron chi connectivity index (χ2n) is 3.88. The summed E-state index contributed by atoms with van der Waals surface area (Å²) in [5.41, 5.74) is 7.29. The molecule has 1 aromatic rings. The number of nitrogens with zero attached hydrogens (tertiary/aromatic N) is 1. The van der Waals surface area contributed by atoms with Crippen molar-refractivity contribution in [1.29, 1.82) is 0 Å². The lowest BCUT2D eigenvalue weighted by atomic mass is 10.1. The normalized spacial score (nSPS) is 14.9. The van der Waals surface area contributed by atoms with Crippen LogP contribution in [-0.2, 0) is 6.42 Å². The molecule has 15 heavy (non-hydrogen) atoms. The first-order valence-electron chi connectivity index (χ1n) is 5.48. The van der Waals surface area contributed by atoms with Crippen LogP contribution in [0.1, 0.15) is 25.8 Å². The zero-order valence-corrected chi connectivity index (χ0v) is 10.3. The Labute approximate surface area is 96.7 Å². The van der Waals surface area contributed by atoms with E-state index in [-0.39, 0.29) is 6.04 Å². The zero-order chi connectivity index (χ0) is 11.1. The van der Waals surface area contributed by atoms with E-state index in [1.165, 1.54) is 12.0 Å². The van der Waals surface area contributed by atoms with E-state index >= 15 is 0 Å². The van der Waals surface area contributed by atoms with Crippen LogP contribution in [0.2, 0.25) is 0 Å². The summed E-state index contributed by atoms with van der Waals surface area (Å²) >= 11 is 1.96. The molecule has 0 radical (unpaired) electrons. The summed E-state index contributed by atoms with van der Waals surface area (Å²) in [7, 11) is 0. The molecule has 1 heterocycles. The Bertz CT molecular complexity index is 264. The number of hydrogen-bond acceptors (Lipinski definition) is 3. The van der Waals surface area contributed by atoms with E-state index in [9.17, 15) is 0 Å². The van der Waals surface area contributed by atoms with Gasteiger partial charge >= 0.3 is 0 Å². The fraction of sp³-hybridized carbons (Fsp3) is 0.583. The fourth-order valence-electron chi connectivity index (χ4n) is 1.29. The van der Waals surface area contributed by atoms with E-state index in [0.717, 1.165) is 12.2 Å². The minimum Gasteiger partial charge on any atom is -0.327 e. The first-order chi connectivity index (χ1) is 7.22. The molecule has 1 rings (SSSR count). The topological polar surface area (TPSA) is 38.9 Å². The van der Waals surface area contributed by atoms with Crippen molar-refractivity contribution in [3.8, 4) is 0 Å². The van der Waals surface area contributed by atoms with Crippen LogP contribution >= 0.6 is 11.8 Å². The van der Waals surface area contributed by atoms with E-state index < -0.39 is 0 Å². The molecule has 84 valence electrons. The van der Waals surface area contributed by atoms with Crippen LogP contribution in [0.3, 0.4) is 0 Å². The van der Waals surface area contributed by atoms with Gasteiger partial charge in [0.15, 0.2) is 0 Å². The van der Waals surface area contributed by atoms with Crippen molar-refractivity contribution in [2.45, 2.75) is 38.0 Å². The van der Waals surface area contributed by atoms with E-state index in [2.05, 4.69) is 24.9 Å². The molecule has 0 bridgehead atoms. The van der Waals surface area contributed by atoms with E-state index in [4.69, 9.17) is 5.73 Å². The molecule has 2 nitrogen and oxygen atoms in total. The molecule has 0 aromatic carbocycles. The third-order valence-corrected chi connectivity index (χ3v) is 3.91. The average molecular weight is 224 g/mol. The average Bonchev–Trinajstić information content (AvgIpc) is 2.27. The molecule has 0 amide bonds. The maximum atomic E-state index is 6.06. The molecule has 0 aliphatic rings. The maximum absolute atomic E-state index is 6.06. The standard InChI is InChI=1S/C12H20N2S/c1-3-10(2)15-9-12(13)7-11-5-4-6-14-8-11/h4-6,8,10,12H,3,7,9,13H2,1-2H3. The minimum absolute atomic E-state index is 0.244. The molecule has 0 aliphatic carbocycles. The van der Waals surface area contributed by atoms with Crippen LogP contribution in [0, 0.1) is 0 Å². The number of thioether (sulfide) groups is 1. The van der Waals surface area contributed by atoms with Gasteiger partial charge in [-0.2, -0.15) is 11.8 Å². The summed E-state index contributed by atoms with van der Waals surface area (Å²) in [6.45, 7) is 4.46. The Hall–Kier alpha value is -0.540. The highest BCUT2D eigenvalue weighted by atomic mass is 32.2. The monoisotopic (exact) mass is 224 g/mol. The van der Waals surface area contributed by atoms with Gasteiger partial charge in [-0.3, -0.25) is 4.98 Å². The number of nitrogens with two attached hydrogens (primary N) is 1. The molecule has 0 fully saturated rings. The number of pyridine rings is 1. The van der Waals surface area contributed by atoms with Gasteiger partial charge in [-0.1, -0.05) is 19.9 Å². The third-order valence-electron chi connectivity index (χ3n) is 2.39. The Morgan fingerprint density at radius 2 is 2.33 bits per heavy atom. The quantitative estimate of drug-likeness (QED) is 0.807. The van der Waals surface area contributed by atoms with E-state index in [0.29, 0.717) is 5.25 Å². The highest BCUT2D eigenvalue weighted by molar-refractivity contribution is 7.99. The van der Waals surface area contributed by atoms with Gasteiger partial charge in [-0.15, -0.1) is 0 Å². The van der Waals surface area contributed by atoms with Crippen LogP contribution in [0.25, 0.3) is 0 Å². The van der Waals surface area contributed by atoms with Crippen molar-refractivity contribution in [2.24, 2.45) is 5.73 Å². The first-order valence-corrected chi connectivity index (χ1v) is 6.53. The lowest BCUT2D eigenvalue weighted by molar-refractivity contribution is 0.742. The van der Waals surface area contributed by atoms with E-state index in [1.54, 1.807) is 6.20 Å². The van der Waals surface area contributed by atoms with Gasteiger partial charge in [0, 0.05) is 29.4 Å². The summed E-state index contributed by atoms with van der Waals surface area (Å²) in [6.07, 6.45) is 5.83. The Morgan fingerprint density at radius 3 is 2.93 bits per heavy atom. The van der Waals surface area contributed by atoms with Crippen molar-refractivity contribution >= 4 is 11.8 Å². The molecule has 0 saturated carbocycles. The second-order valence-corrected chi connectivity index (χ2v) is 5.35. The molecule has 2 unspecified atom stereocenters. The van der Waals surface area contributed by atoms with Gasteiger partial charge in [0.2, 0.25) is 0 Å². The zero-order valence-electron chi connectivity index (χ0n) is 9.52. The molecule has 2 atom stereocenters. The van der Waals surface area contributed by atoms with Crippen LogP contribution in [0.5, 0.6) is 0 Å². The molecule has 2 N–H and O–H groups in total. The first kappa shape index (κ1) is 12.5. The van der Waals surface area contributed by atoms with Crippen LogP contribution in [-0.4, -0.2) is 22.0 Å². The summed E-state index contributed by atoms with van der Waals surface area (Å²) in [4.78, 5) is 4.09. The van der Waals surface area contributed by atoms with Gasteiger partial charge in [0.25, 0.3) is 0 Å². The summed E-state index contributed by atoms with van der Waals surface area (Å²) in [5.74, 6) is 1.03. The number of aromatic nitrogens is 1. The molecule has 3 heteroatoms. The number of hydrogen-bond donors (Lipinski definition) is 1. The van der Waals surface area contributed by atoms with Gasteiger partial charge in [0.1, 0.15) is 0 Å². The van der Waals surface area contributed by atoms with Crippen molar-refractivity contribution in [2.75, 3.05) is 5.75 Å². The van der Waals surface area contributed by atoms with Crippen LogP contribution in [0.15, 0.2) is 24.5 Å². The second kappa shape index (κ2) is 6.85. The van der Waals surface area contributed by atoms with Gasteiger partial charge < -0.3 is 5.73 Å². The van der Waals surface area contributed by atoms with Gasteiger partial charge in [-0.05, 0) is 24.5 Å². The predicted octanol–water partition coefficient (Wildman–Crippen LogP) is 2.48. The Morgan fingerprint density at radius 1 is 1.53 bits per heavy atom. The Balaban J connectivity index is 2.27. The molecular formula is C12H20N2S. The summed E-state index contributed by atoms with van der Waals surface area (Å²) in [5, 5.41) is 0.713. The molecule has 1 aromatic heterocycles. The van der Waals surface area contributed by atoms with Crippen molar-refractivity contribution in [3.63, 3.8) is 0 Å². The summed E-state index contributed by atoms with van der Waals surface area (Å²) < 4.78 is 0.